The van der Waals surface area contributed by atoms with Gasteiger partial charge in [0.15, 0.2) is 0 Å². The van der Waals surface area contributed by atoms with Crippen molar-refractivity contribution in [1.29, 1.82) is 0 Å². The number of alkyl halides is 1. The van der Waals surface area contributed by atoms with Crippen LogP contribution in [0.25, 0.3) is 0 Å². The van der Waals surface area contributed by atoms with Gasteiger partial charge in [-0.05, 0) is 24.6 Å². The van der Waals surface area contributed by atoms with Crippen LogP contribution in [0.4, 0.5) is 10.1 Å². The number of nitro groups is 1. The Bertz CT molecular complexity index is 676. The highest BCUT2D eigenvalue weighted by atomic mass is 35.5. The van der Waals surface area contributed by atoms with Crippen molar-refractivity contribution in [2.24, 2.45) is 0 Å². The summed E-state index contributed by atoms with van der Waals surface area (Å²) in [7, 11) is 0. The van der Waals surface area contributed by atoms with Gasteiger partial charge < -0.3 is 4.74 Å². The van der Waals surface area contributed by atoms with Crippen LogP contribution in [0.3, 0.4) is 0 Å². The molecule has 2 aromatic carbocycles. The van der Waals surface area contributed by atoms with Crippen molar-refractivity contribution in [1.82, 2.24) is 0 Å². The summed E-state index contributed by atoms with van der Waals surface area (Å²) < 4.78 is 18.9. The highest BCUT2D eigenvalue weighted by molar-refractivity contribution is 6.17. The average Bonchev–Trinajstić information content (AvgIpc) is 2.45. The molecule has 0 saturated carbocycles. The maximum Gasteiger partial charge on any atom is 0.272 e. The smallest absolute Gasteiger partial charge is 0.272 e. The monoisotopic (exact) mass is 309 g/mol. The van der Waals surface area contributed by atoms with Gasteiger partial charge in [0.2, 0.25) is 0 Å². The zero-order valence-electron chi connectivity index (χ0n) is 11.3. The molecule has 0 heterocycles. The van der Waals surface area contributed by atoms with Crippen molar-refractivity contribution in [3.8, 4) is 5.75 Å². The molecule has 2 rings (SSSR count). The summed E-state index contributed by atoms with van der Waals surface area (Å²) in [6, 6.07) is 8.93. The second-order valence-electron chi connectivity index (χ2n) is 4.61. The number of nitrogens with zero attached hydrogens (tertiary/aromatic N) is 1. The fourth-order valence-electron chi connectivity index (χ4n) is 1.94. The van der Waals surface area contributed by atoms with Gasteiger partial charge in [0.25, 0.3) is 5.69 Å². The summed E-state index contributed by atoms with van der Waals surface area (Å²) in [6.07, 6.45) is 0. The Morgan fingerprint density at radius 3 is 2.71 bits per heavy atom. The Labute approximate surface area is 126 Å². The number of hydrogen-bond donors (Lipinski definition) is 0. The molecule has 21 heavy (non-hydrogen) atoms. The predicted molar refractivity (Wildman–Crippen MR) is 78.1 cm³/mol. The van der Waals surface area contributed by atoms with E-state index in [-0.39, 0.29) is 12.3 Å². The first-order chi connectivity index (χ1) is 9.99. The van der Waals surface area contributed by atoms with Crippen LogP contribution in [-0.2, 0) is 12.5 Å². The fourth-order valence-corrected chi connectivity index (χ4v) is 2.15. The van der Waals surface area contributed by atoms with E-state index in [0.717, 1.165) is 17.2 Å². The molecule has 0 atom stereocenters. The van der Waals surface area contributed by atoms with E-state index in [2.05, 4.69) is 0 Å². The topological polar surface area (TPSA) is 52.4 Å². The van der Waals surface area contributed by atoms with E-state index < -0.39 is 10.7 Å². The Morgan fingerprint density at radius 1 is 1.29 bits per heavy atom. The fraction of sp³-hybridized carbons (Fsp3) is 0.200. The Balaban J connectivity index is 2.18. The lowest BCUT2D eigenvalue weighted by Crippen LogP contribution is -2.00. The molecule has 0 spiro atoms. The molecule has 0 fully saturated rings. The van der Waals surface area contributed by atoms with Crippen molar-refractivity contribution in [2.45, 2.75) is 19.4 Å². The average molecular weight is 310 g/mol. The molecule has 0 aromatic heterocycles. The number of aryl methyl sites for hydroxylation is 1. The summed E-state index contributed by atoms with van der Waals surface area (Å²) in [6.45, 7) is 1.97. The molecule has 0 unspecified atom stereocenters. The minimum absolute atomic E-state index is 0.0333. The van der Waals surface area contributed by atoms with Gasteiger partial charge in [-0.15, -0.1) is 11.6 Å². The minimum Gasteiger partial charge on any atom is -0.489 e. The number of ether oxygens (including phenoxy) is 1. The summed E-state index contributed by atoms with van der Waals surface area (Å²) in [5.41, 5.74) is 1.97. The molecule has 0 aliphatic carbocycles. The standard InChI is InChI=1S/C15H13ClFNO3/c1-10-2-3-15(12(4-10)8-16)21-9-11-5-13(17)7-14(6-11)18(19)20/h2-7H,8-9H2,1H3. The van der Waals surface area contributed by atoms with Gasteiger partial charge in [-0.1, -0.05) is 17.7 Å². The first kappa shape index (κ1) is 15.3. The van der Waals surface area contributed by atoms with E-state index in [9.17, 15) is 14.5 Å². The van der Waals surface area contributed by atoms with Crippen LogP contribution < -0.4 is 4.74 Å². The summed E-state index contributed by atoms with van der Waals surface area (Å²) in [5.74, 6) is 0.215. The van der Waals surface area contributed by atoms with Crippen LogP contribution in [0.15, 0.2) is 36.4 Å². The van der Waals surface area contributed by atoms with Crippen LogP contribution in [0, 0.1) is 22.9 Å². The van der Waals surface area contributed by atoms with Gasteiger partial charge in [-0.25, -0.2) is 4.39 Å². The molecule has 2 aromatic rings. The third-order valence-corrected chi connectivity index (χ3v) is 3.20. The first-order valence-corrected chi connectivity index (χ1v) is 6.75. The largest absolute Gasteiger partial charge is 0.489 e. The normalized spacial score (nSPS) is 10.4. The molecule has 0 N–H and O–H groups in total. The summed E-state index contributed by atoms with van der Waals surface area (Å²) >= 11 is 5.85. The third-order valence-electron chi connectivity index (χ3n) is 2.91. The minimum atomic E-state index is -0.663. The molecule has 0 amide bonds. The maximum absolute atomic E-state index is 13.3. The van der Waals surface area contributed by atoms with Crippen LogP contribution in [-0.4, -0.2) is 4.92 Å². The molecule has 0 aliphatic heterocycles. The van der Waals surface area contributed by atoms with Gasteiger partial charge in [0.05, 0.1) is 16.9 Å². The second kappa shape index (κ2) is 6.54. The van der Waals surface area contributed by atoms with Crippen LogP contribution >= 0.6 is 11.6 Å². The van der Waals surface area contributed by atoms with E-state index in [1.165, 1.54) is 12.1 Å². The lowest BCUT2D eigenvalue weighted by molar-refractivity contribution is -0.385. The van der Waals surface area contributed by atoms with Crippen LogP contribution in [0.1, 0.15) is 16.7 Å². The summed E-state index contributed by atoms with van der Waals surface area (Å²) in [5, 5.41) is 10.7. The third kappa shape index (κ3) is 3.92. The van der Waals surface area contributed by atoms with Crippen molar-refractivity contribution in [2.75, 3.05) is 0 Å². The Morgan fingerprint density at radius 2 is 2.05 bits per heavy atom. The molecule has 0 aliphatic rings. The maximum atomic E-state index is 13.3. The zero-order valence-corrected chi connectivity index (χ0v) is 12.1. The second-order valence-corrected chi connectivity index (χ2v) is 4.88. The number of rotatable bonds is 5. The van der Waals surface area contributed by atoms with Crippen LogP contribution in [0.2, 0.25) is 0 Å². The molecule has 6 heteroatoms. The number of halogens is 2. The lowest BCUT2D eigenvalue weighted by Gasteiger charge is -2.11. The lowest BCUT2D eigenvalue weighted by atomic mass is 10.1. The van der Waals surface area contributed by atoms with Gasteiger partial charge in [0.1, 0.15) is 18.2 Å². The van der Waals surface area contributed by atoms with Gasteiger partial charge >= 0.3 is 0 Å². The first-order valence-electron chi connectivity index (χ1n) is 6.21. The molecular formula is C15H13ClFNO3. The van der Waals surface area contributed by atoms with Gasteiger partial charge in [-0.2, -0.15) is 0 Å². The molecule has 0 radical (unpaired) electrons. The van der Waals surface area contributed by atoms with Gasteiger partial charge in [0, 0.05) is 11.6 Å². The Kier molecular flexibility index (Phi) is 4.75. The molecular weight excluding hydrogens is 297 g/mol. The highest BCUT2D eigenvalue weighted by Crippen LogP contribution is 2.24. The van der Waals surface area contributed by atoms with Crippen LogP contribution in [0.5, 0.6) is 5.75 Å². The van der Waals surface area contributed by atoms with Crippen molar-refractivity contribution < 1.29 is 14.1 Å². The molecule has 0 bridgehead atoms. The molecule has 110 valence electrons. The quantitative estimate of drug-likeness (QED) is 0.468. The van der Waals surface area contributed by atoms with E-state index in [1.807, 2.05) is 19.1 Å². The van der Waals surface area contributed by atoms with E-state index in [0.29, 0.717) is 17.2 Å². The number of nitro benzene ring substituents is 1. The number of hydrogen-bond acceptors (Lipinski definition) is 3. The summed E-state index contributed by atoms with van der Waals surface area (Å²) in [4.78, 5) is 10.1. The number of benzene rings is 2. The number of non-ortho nitro benzene ring substituents is 1. The SMILES string of the molecule is Cc1ccc(OCc2cc(F)cc([N+](=O)[O-])c2)c(CCl)c1. The van der Waals surface area contributed by atoms with E-state index in [4.69, 9.17) is 16.3 Å². The van der Waals surface area contributed by atoms with E-state index in [1.54, 1.807) is 6.07 Å². The predicted octanol–water partition coefficient (Wildman–Crippen LogP) is 4.36. The zero-order chi connectivity index (χ0) is 15.4. The molecule has 0 saturated heterocycles. The van der Waals surface area contributed by atoms with Crippen molar-refractivity contribution in [3.05, 3.63) is 69.0 Å². The van der Waals surface area contributed by atoms with Gasteiger partial charge in [-0.3, -0.25) is 10.1 Å². The van der Waals surface area contributed by atoms with Crippen molar-refractivity contribution in [3.63, 3.8) is 0 Å². The molecule has 4 nitrogen and oxygen atoms in total. The van der Waals surface area contributed by atoms with Crippen molar-refractivity contribution >= 4 is 17.3 Å². The highest BCUT2D eigenvalue weighted by Gasteiger charge is 2.11. The Hall–Kier alpha value is -2.14. The van der Waals surface area contributed by atoms with E-state index >= 15 is 0 Å².